The maximum Gasteiger partial charge on any atom is 0.218 e. The largest absolute Gasteiger partial charge is 0.478 e. The highest BCUT2D eigenvalue weighted by molar-refractivity contribution is 5.43. The monoisotopic (exact) mass is 290 g/mol. The van der Waals surface area contributed by atoms with Crippen LogP contribution in [0.1, 0.15) is 45.4 Å². The molecule has 1 N–H and O–H groups in total. The summed E-state index contributed by atoms with van der Waals surface area (Å²) in [6.07, 6.45) is 5.09. The number of nitrogens with one attached hydrogen (secondary N) is 1. The molecule has 1 aromatic heterocycles. The van der Waals surface area contributed by atoms with Crippen LogP contribution in [0, 0.1) is 6.92 Å². The Balaban J connectivity index is 1.82. The lowest BCUT2D eigenvalue weighted by Gasteiger charge is -2.38. The van der Waals surface area contributed by atoms with Crippen LogP contribution in [0.3, 0.4) is 0 Å². The van der Waals surface area contributed by atoms with Crippen LogP contribution in [0.4, 0.5) is 5.82 Å². The molecule has 3 rings (SSSR count). The molecular formula is C16H26N4O. The van der Waals surface area contributed by atoms with Gasteiger partial charge in [-0.05, 0) is 46.5 Å². The van der Waals surface area contributed by atoms with Gasteiger partial charge in [0, 0.05) is 30.7 Å². The van der Waals surface area contributed by atoms with E-state index in [2.05, 4.69) is 27.1 Å². The second-order valence-corrected chi connectivity index (χ2v) is 6.09. The molecule has 116 valence electrons. The van der Waals surface area contributed by atoms with E-state index in [0.29, 0.717) is 30.6 Å². The smallest absolute Gasteiger partial charge is 0.218 e. The van der Waals surface area contributed by atoms with E-state index in [0.717, 1.165) is 18.2 Å². The number of hydrogen-bond donors (Lipinski definition) is 1. The van der Waals surface area contributed by atoms with Crippen LogP contribution in [0.15, 0.2) is 6.07 Å². The summed E-state index contributed by atoms with van der Waals surface area (Å²) in [6.45, 7) is 7.75. The highest BCUT2D eigenvalue weighted by atomic mass is 16.5. The van der Waals surface area contributed by atoms with E-state index < -0.39 is 0 Å². The summed E-state index contributed by atoms with van der Waals surface area (Å²) in [6, 6.07) is 3.95. The number of aromatic nitrogens is 2. The summed E-state index contributed by atoms with van der Waals surface area (Å²) < 4.78 is 5.57. The minimum Gasteiger partial charge on any atom is -0.478 e. The molecule has 0 amide bonds. The zero-order valence-corrected chi connectivity index (χ0v) is 13.3. The van der Waals surface area contributed by atoms with E-state index >= 15 is 0 Å². The molecule has 5 heteroatoms. The highest BCUT2D eigenvalue weighted by Crippen LogP contribution is 2.32. The van der Waals surface area contributed by atoms with Crippen molar-refractivity contribution in [3.05, 3.63) is 11.9 Å². The predicted octanol–water partition coefficient (Wildman–Crippen LogP) is 2.29. The number of rotatable bonds is 5. The van der Waals surface area contributed by atoms with Gasteiger partial charge in [0.25, 0.3) is 0 Å². The molecule has 3 heterocycles. The van der Waals surface area contributed by atoms with Crippen LogP contribution in [0.2, 0.25) is 0 Å². The van der Waals surface area contributed by atoms with Crippen molar-refractivity contribution in [1.82, 2.24) is 15.3 Å². The minimum atomic E-state index is 0.581. The van der Waals surface area contributed by atoms with Gasteiger partial charge in [-0.25, -0.2) is 4.98 Å². The van der Waals surface area contributed by atoms with Crippen LogP contribution in [-0.2, 0) is 0 Å². The van der Waals surface area contributed by atoms with E-state index in [1.165, 1.54) is 25.7 Å². The maximum atomic E-state index is 5.57. The molecule has 2 unspecified atom stereocenters. The lowest BCUT2D eigenvalue weighted by atomic mass is 9.98. The van der Waals surface area contributed by atoms with E-state index in [1.807, 2.05) is 19.9 Å². The molecule has 2 aliphatic heterocycles. The number of nitrogens with zero attached hydrogens (tertiary/aromatic N) is 3. The number of piperidine rings is 1. The zero-order chi connectivity index (χ0) is 14.8. The van der Waals surface area contributed by atoms with Crippen molar-refractivity contribution in [2.75, 3.05) is 18.1 Å². The Bertz CT molecular complexity index is 481. The Morgan fingerprint density at radius 1 is 1.24 bits per heavy atom. The third-order valence-corrected chi connectivity index (χ3v) is 4.62. The summed E-state index contributed by atoms with van der Waals surface area (Å²) in [7, 11) is 0. The SMILES string of the molecule is CCOc1cc(N(CC)C2CC3CCC(C2)N3)nc(C)n1. The van der Waals surface area contributed by atoms with Gasteiger partial charge in [-0.3, -0.25) is 0 Å². The van der Waals surface area contributed by atoms with Crippen molar-refractivity contribution in [2.45, 2.75) is 64.6 Å². The molecule has 5 nitrogen and oxygen atoms in total. The van der Waals surface area contributed by atoms with E-state index in [4.69, 9.17) is 4.74 Å². The molecule has 21 heavy (non-hydrogen) atoms. The number of aryl methyl sites for hydroxylation is 1. The lowest BCUT2D eigenvalue weighted by molar-refractivity contribution is 0.324. The lowest BCUT2D eigenvalue weighted by Crippen LogP contribution is -2.48. The number of ether oxygens (including phenoxy) is 1. The fourth-order valence-electron chi connectivity index (χ4n) is 3.78. The predicted molar refractivity (Wildman–Crippen MR) is 83.9 cm³/mol. The molecule has 1 aromatic rings. The van der Waals surface area contributed by atoms with Gasteiger partial charge in [0.15, 0.2) is 0 Å². The van der Waals surface area contributed by atoms with Crippen molar-refractivity contribution < 1.29 is 4.74 Å². The summed E-state index contributed by atoms with van der Waals surface area (Å²) in [5.41, 5.74) is 0. The van der Waals surface area contributed by atoms with Gasteiger partial charge < -0.3 is 15.0 Å². The molecule has 0 saturated carbocycles. The third-order valence-electron chi connectivity index (χ3n) is 4.62. The van der Waals surface area contributed by atoms with Crippen molar-refractivity contribution in [3.63, 3.8) is 0 Å². The molecule has 2 fully saturated rings. The molecule has 2 bridgehead atoms. The highest BCUT2D eigenvalue weighted by Gasteiger charge is 2.36. The van der Waals surface area contributed by atoms with Gasteiger partial charge in [-0.2, -0.15) is 4.98 Å². The van der Waals surface area contributed by atoms with Crippen LogP contribution in [0.25, 0.3) is 0 Å². The first-order valence-corrected chi connectivity index (χ1v) is 8.20. The minimum absolute atomic E-state index is 0.581. The summed E-state index contributed by atoms with van der Waals surface area (Å²) in [4.78, 5) is 11.4. The molecule has 2 aliphatic rings. The molecular weight excluding hydrogens is 264 g/mol. The first-order chi connectivity index (χ1) is 10.2. The Morgan fingerprint density at radius 3 is 2.57 bits per heavy atom. The maximum absolute atomic E-state index is 5.57. The number of hydrogen-bond acceptors (Lipinski definition) is 5. The fraction of sp³-hybridized carbons (Fsp3) is 0.750. The Labute approximate surface area is 127 Å². The Hall–Kier alpha value is -1.36. The molecule has 0 radical (unpaired) electrons. The van der Waals surface area contributed by atoms with Gasteiger partial charge in [0.2, 0.25) is 5.88 Å². The average Bonchev–Trinajstić information content (AvgIpc) is 2.78. The van der Waals surface area contributed by atoms with Crippen molar-refractivity contribution in [3.8, 4) is 5.88 Å². The third kappa shape index (κ3) is 3.12. The first kappa shape index (κ1) is 14.6. The van der Waals surface area contributed by atoms with E-state index in [9.17, 15) is 0 Å². The molecule has 0 aromatic carbocycles. The quantitative estimate of drug-likeness (QED) is 0.901. The van der Waals surface area contributed by atoms with Gasteiger partial charge in [0.05, 0.1) is 6.61 Å². The van der Waals surface area contributed by atoms with Crippen LogP contribution in [-0.4, -0.2) is 41.2 Å². The molecule has 0 aliphatic carbocycles. The molecule has 2 atom stereocenters. The fourth-order valence-corrected chi connectivity index (χ4v) is 3.78. The standard InChI is InChI=1S/C16H26N4O/c1-4-20(14-8-12-6-7-13(9-14)19-12)15-10-16(21-5-2)18-11(3)17-15/h10,12-14,19H,4-9H2,1-3H3. The van der Waals surface area contributed by atoms with Crippen LogP contribution in [0.5, 0.6) is 5.88 Å². The summed E-state index contributed by atoms with van der Waals surface area (Å²) in [5, 5.41) is 3.71. The van der Waals surface area contributed by atoms with Crippen LogP contribution >= 0.6 is 0 Å². The average molecular weight is 290 g/mol. The Kier molecular flexibility index (Phi) is 4.29. The second kappa shape index (κ2) is 6.18. The molecule has 2 saturated heterocycles. The first-order valence-electron chi connectivity index (χ1n) is 8.20. The van der Waals surface area contributed by atoms with Gasteiger partial charge in [-0.15, -0.1) is 0 Å². The van der Waals surface area contributed by atoms with Gasteiger partial charge in [0.1, 0.15) is 11.6 Å². The second-order valence-electron chi connectivity index (χ2n) is 6.09. The van der Waals surface area contributed by atoms with Crippen molar-refractivity contribution in [2.24, 2.45) is 0 Å². The topological polar surface area (TPSA) is 50.3 Å². The van der Waals surface area contributed by atoms with Crippen molar-refractivity contribution in [1.29, 1.82) is 0 Å². The van der Waals surface area contributed by atoms with Crippen molar-refractivity contribution >= 4 is 5.82 Å². The summed E-state index contributed by atoms with van der Waals surface area (Å²) >= 11 is 0. The normalized spacial score (nSPS) is 27.7. The molecule has 0 spiro atoms. The number of fused-ring (bicyclic) bond motifs is 2. The van der Waals surface area contributed by atoms with Gasteiger partial charge >= 0.3 is 0 Å². The van der Waals surface area contributed by atoms with E-state index in [1.54, 1.807) is 0 Å². The van der Waals surface area contributed by atoms with Crippen LogP contribution < -0.4 is 15.0 Å². The number of anilines is 1. The van der Waals surface area contributed by atoms with Gasteiger partial charge in [-0.1, -0.05) is 0 Å². The summed E-state index contributed by atoms with van der Waals surface area (Å²) in [5.74, 6) is 2.49. The Morgan fingerprint density at radius 2 is 1.95 bits per heavy atom. The van der Waals surface area contributed by atoms with E-state index in [-0.39, 0.29) is 0 Å². The zero-order valence-electron chi connectivity index (χ0n) is 13.3.